The molecule has 2 rings (SSSR count). The molecule has 1 fully saturated rings. The molecule has 1 N–H and O–H groups in total. The maximum atomic E-state index is 11.8. The molecule has 0 radical (unpaired) electrons. The van der Waals surface area contributed by atoms with Crippen molar-refractivity contribution < 1.29 is 24.3 Å². The van der Waals surface area contributed by atoms with Crippen LogP contribution in [0.1, 0.15) is 20.7 Å². The van der Waals surface area contributed by atoms with Crippen molar-refractivity contribution in [2.45, 2.75) is 0 Å². The van der Waals surface area contributed by atoms with Crippen molar-refractivity contribution in [3.8, 4) is 0 Å². The van der Waals surface area contributed by atoms with E-state index in [9.17, 15) is 9.59 Å². The molecule has 1 heterocycles. The molecule has 1 aliphatic heterocycles. The molecule has 0 spiro atoms. The van der Waals surface area contributed by atoms with E-state index < -0.39 is 11.9 Å². The van der Waals surface area contributed by atoms with E-state index in [-0.39, 0.29) is 11.1 Å². The van der Waals surface area contributed by atoms with Crippen LogP contribution < -0.4 is 0 Å². The lowest BCUT2D eigenvalue weighted by Crippen LogP contribution is -2.37. The molecule has 1 aliphatic rings. The molecule has 1 aromatic rings. The fraction of sp³-hybridized carbons (Fsp3) is 0.333. The maximum Gasteiger partial charge on any atom is 0.357 e. The van der Waals surface area contributed by atoms with Gasteiger partial charge in [-0.25, -0.2) is 9.59 Å². The number of hydrogen-bond acceptors (Lipinski definition) is 5. The number of rotatable bonds is 3. The Hall–Kier alpha value is -1.92. The quantitative estimate of drug-likeness (QED) is 0.855. The molecule has 0 unspecified atom stereocenters. The Labute approximate surface area is 104 Å². The lowest BCUT2D eigenvalue weighted by Gasteiger charge is -2.24. The van der Waals surface area contributed by atoms with Crippen molar-refractivity contribution in [1.82, 2.24) is 5.06 Å². The average molecular weight is 251 g/mol. The number of benzene rings is 1. The molecular formula is C12H13NO5. The molecule has 1 saturated heterocycles. The molecule has 0 aliphatic carbocycles. The zero-order valence-electron chi connectivity index (χ0n) is 9.67. The van der Waals surface area contributed by atoms with Crippen molar-refractivity contribution in [2.75, 3.05) is 26.3 Å². The first-order valence-corrected chi connectivity index (χ1v) is 5.55. The van der Waals surface area contributed by atoms with Gasteiger partial charge in [-0.05, 0) is 18.2 Å². The van der Waals surface area contributed by atoms with E-state index in [0.717, 1.165) is 0 Å². The molecule has 6 heteroatoms. The lowest BCUT2D eigenvalue weighted by molar-refractivity contribution is -0.150. The van der Waals surface area contributed by atoms with Crippen LogP contribution in [0, 0.1) is 0 Å². The predicted octanol–water partition coefficient (Wildman–Crippen LogP) is 0.789. The van der Waals surface area contributed by atoms with Crippen LogP contribution in [0.2, 0.25) is 0 Å². The second kappa shape index (κ2) is 5.61. The van der Waals surface area contributed by atoms with E-state index in [2.05, 4.69) is 0 Å². The maximum absolute atomic E-state index is 11.8. The second-order valence-corrected chi connectivity index (χ2v) is 3.81. The van der Waals surface area contributed by atoms with Crippen molar-refractivity contribution in [3.05, 3.63) is 35.4 Å². The smallest absolute Gasteiger partial charge is 0.357 e. The highest BCUT2D eigenvalue weighted by atomic mass is 16.7. The summed E-state index contributed by atoms with van der Waals surface area (Å²) in [5.41, 5.74) is 0.285. The van der Waals surface area contributed by atoms with Crippen LogP contribution in [-0.2, 0) is 9.57 Å². The van der Waals surface area contributed by atoms with Gasteiger partial charge in [-0.2, -0.15) is 0 Å². The van der Waals surface area contributed by atoms with Crippen LogP contribution in [-0.4, -0.2) is 48.4 Å². The number of carbonyl (C=O) groups excluding carboxylic acids is 1. The number of ether oxygens (including phenoxy) is 1. The third-order valence-corrected chi connectivity index (χ3v) is 2.53. The Balaban J connectivity index is 2.03. The van der Waals surface area contributed by atoms with Crippen LogP contribution >= 0.6 is 0 Å². The van der Waals surface area contributed by atoms with Gasteiger partial charge >= 0.3 is 11.9 Å². The van der Waals surface area contributed by atoms with Gasteiger partial charge in [-0.3, -0.25) is 0 Å². The molecule has 1 aromatic carbocycles. The summed E-state index contributed by atoms with van der Waals surface area (Å²) in [6.07, 6.45) is 0. The van der Waals surface area contributed by atoms with Crippen molar-refractivity contribution >= 4 is 11.9 Å². The highest BCUT2D eigenvalue weighted by Crippen LogP contribution is 2.09. The third-order valence-electron chi connectivity index (χ3n) is 2.53. The minimum atomic E-state index is -1.07. The first-order chi connectivity index (χ1) is 8.66. The highest BCUT2D eigenvalue weighted by molar-refractivity contribution is 5.94. The highest BCUT2D eigenvalue weighted by Gasteiger charge is 2.17. The van der Waals surface area contributed by atoms with Crippen LogP contribution in [0.3, 0.4) is 0 Å². The fourth-order valence-electron chi connectivity index (χ4n) is 1.59. The number of carbonyl (C=O) groups is 2. The van der Waals surface area contributed by atoms with Gasteiger partial charge in [0, 0.05) is 0 Å². The van der Waals surface area contributed by atoms with E-state index in [0.29, 0.717) is 26.3 Å². The SMILES string of the molecule is O=C(O)c1cccc(C(=O)ON2CCOCC2)c1. The van der Waals surface area contributed by atoms with Crippen LogP contribution in [0.4, 0.5) is 0 Å². The first-order valence-electron chi connectivity index (χ1n) is 5.55. The largest absolute Gasteiger partial charge is 0.478 e. The van der Waals surface area contributed by atoms with Gasteiger partial charge in [0.1, 0.15) is 0 Å². The monoisotopic (exact) mass is 251 g/mol. The molecule has 96 valence electrons. The summed E-state index contributed by atoms with van der Waals surface area (Å²) in [5.74, 6) is -1.63. The van der Waals surface area contributed by atoms with E-state index in [1.807, 2.05) is 0 Å². The topological polar surface area (TPSA) is 76.1 Å². The van der Waals surface area contributed by atoms with E-state index in [1.54, 1.807) is 0 Å². The minimum absolute atomic E-state index is 0.0615. The number of hydroxylamine groups is 2. The van der Waals surface area contributed by atoms with Crippen LogP contribution in [0.15, 0.2) is 24.3 Å². The number of carboxylic acid groups (broad SMARTS) is 1. The molecule has 0 amide bonds. The number of carboxylic acids is 1. The predicted molar refractivity (Wildman–Crippen MR) is 61.2 cm³/mol. The minimum Gasteiger partial charge on any atom is -0.478 e. The van der Waals surface area contributed by atoms with Gasteiger partial charge in [0.25, 0.3) is 0 Å². The van der Waals surface area contributed by atoms with Crippen LogP contribution in [0.5, 0.6) is 0 Å². The standard InChI is InChI=1S/C12H13NO5/c14-11(15)9-2-1-3-10(8-9)12(16)18-13-4-6-17-7-5-13/h1-3,8H,4-7H2,(H,14,15). The van der Waals surface area contributed by atoms with Crippen LogP contribution in [0.25, 0.3) is 0 Å². The van der Waals surface area contributed by atoms with Gasteiger partial charge in [0.15, 0.2) is 0 Å². The van der Waals surface area contributed by atoms with E-state index in [1.165, 1.54) is 29.3 Å². The molecular weight excluding hydrogens is 238 g/mol. The molecule has 18 heavy (non-hydrogen) atoms. The van der Waals surface area contributed by atoms with E-state index >= 15 is 0 Å². The average Bonchev–Trinajstić information content (AvgIpc) is 2.40. The fourth-order valence-corrected chi connectivity index (χ4v) is 1.59. The Bertz CT molecular complexity index is 454. The van der Waals surface area contributed by atoms with Crippen molar-refractivity contribution in [2.24, 2.45) is 0 Å². The first kappa shape index (κ1) is 12.5. The summed E-state index contributed by atoms with van der Waals surface area (Å²) in [6, 6.07) is 5.76. The molecule has 6 nitrogen and oxygen atoms in total. The summed E-state index contributed by atoms with van der Waals surface area (Å²) < 4.78 is 5.13. The van der Waals surface area contributed by atoms with Gasteiger partial charge < -0.3 is 14.7 Å². The number of hydrogen-bond donors (Lipinski definition) is 1. The van der Waals surface area contributed by atoms with Gasteiger partial charge in [-0.15, -0.1) is 5.06 Å². The summed E-state index contributed by atoms with van der Waals surface area (Å²) in [6.45, 7) is 2.07. The van der Waals surface area contributed by atoms with Crippen molar-refractivity contribution in [3.63, 3.8) is 0 Å². The molecule has 0 saturated carbocycles. The summed E-state index contributed by atoms with van der Waals surface area (Å²) in [4.78, 5) is 27.7. The number of aromatic carboxylic acids is 1. The Morgan fingerprint density at radius 2 is 1.89 bits per heavy atom. The molecule has 0 bridgehead atoms. The zero-order valence-corrected chi connectivity index (χ0v) is 9.67. The summed E-state index contributed by atoms with van der Waals surface area (Å²) in [5, 5.41) is 10.3. The lowest BCUT2D eigenvalue weighted by atomic mass is 10.1. The third kappa shape index (κ3) is 3.06. The Morgan fingerprint density at radius 1 is 1.22 bits per heavy atom. The van der Waals surface area contributed by atoms with Gasteiger partial charge in [0.05, 0.1) is 37.4 Å². The summed E-state index contributed by atoms with van der Waals surface area (Å²) >= 11 is 0. The Morgan fingerprint density at radius 3 is 2.56 bits per heavy atom. The van der Waals surface area contributed by atoms with Gasteiger partial charge in [0.2, 0.25) is 0 Å². The summed E-state index contributed by atoms with van der Waals surface area (Å²) in [7, 11) is 0. The second-order valence-electron chi connectivity index (χ2n) is 3.81. The van der Waals surface area contributed by atoms with E-state index in [4.69, 9.17) is 14.7 Å². The van der Waals surface area contributed by atoms with Crippen molar-refractivity contribution in [1.29, 1.82) is 0 Å². The molecule has 0 aromatic heterocycles. The Kier molecular flexibility index (Phi) is 3.91. The van der Waals surface area contributed by atoms with Gasteiger partial charge in [-0.1, -0.05) is 6.07 Å². The number of nitrogens with zero attached hydrogens (tertiary/aromatic N) is 1. The zero-order chi connectivity index (χ0) is 13.0. The molecule has 0 atom stereocenters. The normalized spacial score (nSPS) is 16.2. The number of morpholine rings is 1.